The van der Waals surface area contributed by atoms with Gasteiger partial charge in [0.15, 0.2) is 17.5 Å². The molecule has 3 aromatic heterocycles. The third-order valence-corrected chi connectivity index (χ3v) is 9.46. The Morgan fingerprint density at radius 2 is 0.860 bits per heavy atom. The van der Waals surface area contributed by atoms with Gasteiger partial charge in [-0.1, -0.05) is 127 Å². The molecule has 0 radical (unpaired) electrons. The van der Waals surface area contributed by atoms with E-state index in [-0.39, 0.29) is 0 Å². The zero-order valence-corrected chi connectivity index (χ0v) is 26.9. The molecule has 0 amide bonds. The van der Waals surface area contributed by atoms with Crippen molar-refractivity contribution in [3.8, 4) is 51.0 Å². The third-order valence-electron chi connectivity index (χ3n) is 9.46. The number of aromatic nitrogens is 4. The van der Waals surface area contributed by atoms with Crippen LogP contribution in [0.2, 0.25) is 0 Å². The number of rotatable bonds is 5. The Balaban J connectivity index is 1.05. The minimum Gasteiger partial charge on any atom is -0.456 e. The Hall–Kier alpha value is -6.85. The molecule has 0 unspecified atom stereocenters. The van der Waals surface area contributed by atoms with Gasteiger partial charge in [0.2, 0.25) is 0 Å². The lowest BCUT2D eigenvalue weighted by molar-refractivity contribution is 0.669. The Morgan fingerprint density at radius 1 is 0.340 bits per heavy atom. The van der Waals surface area contributed by atoms with Crippen LogP contribution in [0.1, 0.15) is 0 Å². The van der Waals surface area contributed by atoms with Crippen LogP contribution in [0.25, 0.3) is 94.7 Å². The Bertz CT molecular complexity index is 2780. The van der Waals surface area contributed by atoms with Crippen LogP contribution in [0.5, 0.6) is 0 Å². The largest absolute Gasteiger partial charge is 0.456 e. The molecule has 7 aromatic carbocycles. The molecular weight excluding hydrogens is 613 g/mol. The highest BCUT2D eigenvalue weighted by atomic mass is 16.3. The van der Waals surface area contributed by atoms with Crippen LogP contribution < -0.4 is 0 Å². The summed E-state index contributed by atoms with van der Waals surface area (Å²) in [5, 5.41) is 4.65. The van der Waals surface area contributed by atoms with Gasteiger partial charge in [-0.25, -0.2) is 15.0 Å². The van der Waals surface area contributed by atoms with Crippen molar-refractivity contribution < 1.29 is 4.42 Å². The van der Waals surface area contributed by atoms with Crippen molar-refractivity contribution in [2.45, 2.75) is 0 Å². The molecule has 234 valence electrons. The van der Waals surface area contributed by atoms with Crippen molar-refractivity contribution in [1.82, 2.24) is 19.5 Å². The summed E-state index contributed by atoms with van der Waals surface area (Å²) in [6.07, 6.45) is 0. The Kier molecular flexibility index (Phi) is 6.42. The maximum atomic E-state index is 6.57. The van der Waals surface area contributed by atoms with Crippen molar-refractivity contribution in [1.29, 1.82) is 0 Å². The van der Waals surface area contributed by atoms with Crippen LogP contribution in [-0.2, 0) is 0 Å². The van der Waals surface area contributed by atoms with E-state index < -0.39 is 0 Å². The number of hydrogen-bond donors (Lipinski definition) is 0. The summed E-state index contributed by atoms with van der Waals surface area (Å²) in [5.41, 5.74) is 10.2. The fraction of sp³-hybridized carbons (Fsp3) is 0. The normalized spacial score (nSPS) is 11.6. The number of benzene rings is 7. The molecule has 5 nitrogen and oxygen atoms in total. The highest BCUT2D eigenvalue weighted by Crippen LogP contribution is 2.39. The van der Waals surface area contributed by atoms with Crippen LogP contribution in [0.4, 0.5) is 0 Å². The molecule has 0 bridgehead atoms. The van der Waals surface area contributed by atoms with Gasteiger partial charge in [-0.2, -0.15) is 0 Å². The molecule has 0 aliphatic heterocycles. The zero-order chi connectivity index (χ0) is 33.0. The van der Waals surface area contributed by atoms with E-state index in [1.54, 1.807) is 0 Å². The van der Waals surface area contributed by atoms with Gasteiger partial charge in [0.1, 0.15) is 11.2 Å². The Morgan fingerprint density at radius 3 is 1.52 bits per heavy atom. The molecule has 0 aliphatic carbocycles. The highest BCUT2D eigenvalue weighted by Gasteiger charge is 2.17. The fourth-order valence-electron chi connectivity index (χ4n) is 7.02. The second-order valence-corrected chi connectivity index (χ2v) is 12.5. The molecule has 3 heterocycles. The molecule has 0 spiro atoms. The molecular formula is C45H28N4O. The first-order chi connectivity index (χ1) is 24.8. The molecule has 0 aliphatic rings. The monoisotopic (exact) mass is 640 g/mol. The van der Waals surface area contributed by atoms with Crippen LogP contribution in [0, 0.1) is 0 Å². The van der Waals surface area contributed by atoms with Gasteiger partial charge in [-0.15, -0.1) is 0 Å². The summed E-state index contributed by atoms with van der Waals surface area (Å²) in [6, 6.07) is 58.6. The van der Waals surface area contributed by atoms with Crippen LogP contribution in [0.3, 0.4) is 0 Å². The molecule has 0 N–H and O–H groups in total. The van der Waals surface area contributed by atoms with Crippen LogP contribution in [-0.4, -0.2) is 19.5 Å². The van der Waals surface area contributed by atoms with E-state index in [2.05, 4.69) is 114 Å². The van der Waals surface area contributed by atoms with Crippen molar-refractivity contribution in [3.63, 3.8) is 0 Å². The minimum atomic E-state index is 0.635. The molecule has 10 aromatic rings. The fourth-order valence-corrected chi connectivity index (χ4v) is 7.02. The molecule has 0 fully saturated rings. The Labute approximate surface area is 287 Å². The van der Waals surface area contributed by atoms with E-state index in [1.807, 2.05) is 60.7 Å². The van der Waals surface area contributed by atoms with Gasteiger partial charge in [0, 0.05) is 50.0 Å². The van der Waals surface area contributed by atoms with E-state index >= 15 is 0 Å². The lowest BCUT2D eigenvalue weighted by atomic mass is 10.0. The second kappa shape index (κ2) is 11.4. The quantitative estimate of drug-likeness (QED) is 0.188. The van der Waals surface area contributed by atoms with Gasteiger partial charge < -0.3 is 8.98 Å². The average molecular weight is 641 g/mol. The number of para-hydroxylation sites is 2. The summed E-state index contributed by atoms with van der Waals surface area (Å²) in [4.78, 5) is 14.6. The number of nitrogens with zero attached hydrogens (tertiary/aromatic N) is 4. The third kappa shape index (κ3) is 4.67. The van der Waals surface area contributed by atoms with Gasteiger partial charge >= 0.3 is 0 Å². The summed E-state index contributed by atoms with van der Waals surface area (Å²) < 4.78 is 8.89. The first-order valence-corrected chi connectivity index (χ1v) is 16.7. The van der Waals surface area contributed by atoms with Crippen molar-refractivity contribution in [2.24, 2.45) is 0 Å². The smallest absolute Gasteiger partial charge is 0.164 e. The van der Waals surface area contributed by atoms with E-state index in [9.17, 15) is 0 Å². The molecule has 0 saturated carbocycles. The molecule has 0 atom stereocenters. The second-order valence-electron chi connectivity index (χ2n) is 12.5. The summed E-state index contributed by atoms with van der Waals surface area (Å²) in [6.45, 7) is 0. The van der Waals surface area contributed by atoms with E-state index in [0.717, 1.165) is 61.0 Å². The number of fused-ring (bicyclic) bond motifs is 6. The minimum absolute atomic E-state index is 0.635. The highest BCUT2D eigenvalue weighted by molar-refractivity contribution is 6.17. The first kappa shape index (κ1) is 28.2. The average Bonchev–Trinajstić information content (AvgIpc) is 3.72. The zero-order valence-electron chi connectivity index (χ0n) is 26.9. The molecule has 5 heteroatoms. The van der Waals surface area contributed by atoms with Crippen LogP contribution in [0.15, 0.2) is 174 Å². The lowest BCUT2D eigenvalue weighted by Crippen LogP contribution is -2.00. The van der Waals surface area contributed by atoms with Gasteiger partial charge in [-0.3, -0.25) is 0 Å². The van der Waals surface area contributed by atoms with E-state index in [4.69, 9.17) is 19.4 Å². The number of hydrogen-bond acceptors (Lipinski definition) is 4. The van der Waals surface area contributed by atoms with Crippen molar-refractivity contribution in [2.75, 3.05) is 0 Å². The van der Waals surface area contributed by atoms with E-state index in [0.29, 0.717) is 17.5 Å². The lowest BCUT2D eigenvalue weighted by Gasteiger charge is -2.09. The maximum absolute atomic E-state index is 6.57. The predicted molar refractivity (Wildman–Crippen MR) is 203 cm³/mol. The van der Waals surface area contributed by atoms with E-state index in [1.165, 1.54) is 16.3 Å². The maximum Gasteiger partial charge on any atom is 0.164 e. The molecule has 0 saturated heterocycles. The summed E-state index contributed by atoms with van der Waals surface area (Å²) >= 11 is 0. The molecule has 10 rings (SSSR count). The number of furan rings is 1. The van der Waals surface area contributed by atoms with Gasteiger partial charge in [0.05, 0.1) is 11.0 Å². The SMILES string of the molecule is c1ccc(-c2nc(-c3ccccc3)nc(-c3ccc(-c4ccc5c(c4)oc4cc6c(cc45)c4ccccc4n6-c4ccccc4)cc3)n2)cc1. The van der Waals surface area contributed by atoms with Crippen molar-refractivity contribution in [3.05, 3.63) is 170 Å². The van der Waals surface area contributed by atoms with Gasteiger partial charge in [0.25, 0.3) is 0 Å². The molecule has 50 heavy (non-hydrogen) atoms. The van der Waals surface area contributed by atoms with Crippen molar-refractivity contribution >= 4 is 43.7 Å². The standard InChI is InChI=1S/C45H28N4O/c1-4-12-30(13-5-1)43-46-44(31-14-6-2-7-15-31)48-45(47-43)32-22-20-29(21-23-32)33-24-25-36-38-27-37-35-18-10-11-19-39(35)49(34-16-8-3-9-17-34)40(37)28-42(38)50-41(36)26-33/h1-28H. The van der Waals surface area contributed by atoms with Gasteiger partial charge in [-0.05, 0) is 47.5 Å². The predicted octanol–water partition coefficient (Wildman–Crippen LogP) is 11.5. The summed E-state index contributed by atoms with van der Waals surface area (Å²) in [5.74, 6) is 1.93. The topological polar surface area (TPSA) is 56.7 Å². The first-order valence-electron chi connectivity index (χ1n) is 16.7. The summed E-state index contributed by atoms with van der Waals surface area (Å²) in [7, 11) is 0. The van der Waals surface area contributed by atoms with Crippen LogP contribution >= 0.6 is 0 Å².